The number of amides is 2. The number of quaternary nitrogens is 1. The molecule has 3 aromatic carbocycles. The molecule has 3 saturated heterocycles. The Labute approximate surface area is 382 Å². The van der Waals surface area contributed by atoms with Crippen LogP contribution in [0.4, 0.5) is 4.39 Å². The molecule has 3 fully saturated rings. The lowest BCUT2D eigenvalue weighted by Gasteiger charge is -2.45. The van der Waals surface area contributed by atoms with E-state index in [1.54, 1.807) is 49.4 Å². The molecular weight excluding hydrogens is 912 g/mol. The number of nitrogens with one attached hydrogen (secondary N) is 2. The third-order valence-electron chi connectivity index (χ3n) is 11.8. The van der Waals surface area contributed by atoms with Gasteiger partial charge >= 0.3 is 5.97 Å². The number of nitrogens with zero attached hydrogens (tertiary/aromatic N) is 2. The molecule has 2 bridgehead atoms. The highest BCUT2D eigenvalue weighted by Crippen LogP contribution is 2.52. The van der Waals surface area contributed by atoms with Crippen molar-refractivity contribution in [3.05, 3.63) is 163 Å². The molecule has 0 saturated carbocycles. The third kappa shape index (κ3) is 9.71. The zero-order valence-electron chi connectivity index (χ0n) is 34.6. The monoisotopic (exact) mass is 956 g/mol. The summed E-state index contributed by atoms with van der Waals surface area (Å²) >= 11 is 2.74. The Balaban J connectivity index is 0.000000195. The second-order valence-electron chi connectivity index (χ2n) is 16.1. The lowest BCUT2D eigenvalue weighted by Crippen LogP contribution is -3.00. The van der Waals surface area contributed by atoms with Crippen molar-refractivity contribution in [2.24, 2.45) is 0 Å². The minimum absolute atomic E-state index is 0. The predicted molar refractivity (Wildman–Crippen MR) is 231 cm³/mol. The first-order valence-electron chi connectivity index (χ1n) is 20.1. The van der Waals surface area contributed by atoms with Crippen molar-refractivity contribution in [1.82, 2.24) is 15.6 Å². The van der Waals surface area contributed by atoms with E-state index < -0.39 is 11.6 Å². The smallest absolute Gasteiger partial charge is 0.349 e. The van der Waals surface area contributed by atoms with Crippen LogP contribution in [-0.2, 0) is 33.0 Å². The number of pyridine rings is 1. The summed E-state index contributed by atoms with van der Waals surface area (Å²) in [5.41, 5.74) is 1.12. The molecule has 3 aromatic heterocycles. The quantitative estimate of drug-likeness (QED) is 0.0801. The lowest BCUT2D eigenvalue weighted by molar-refractivity contribution is -0.938. The molecule has 6 heterocycles. The number of benzene rings is 3. The molecular formula is C47H46BrFN4O8S2. The van der Waals surface area contributed by atoms with Gasteiger partial charge in [-0.1, -0.05) is 48.5 Å². The van der Waals surface area contributed by atoms with Crippen LogP contribution in [-0.4, -0.2) is 82.0 Å². The number of likely N-dealkylation sites (N-methyl/N-ethyl adjacent to an activating group) is 1. The maximum absolute atomic E-state index is 13.1. The fraction of sp³-hybridized carbons (Fsp3) is 0.277. The highest BCUT2D eigenvalue weighted by atomic mass is 79.9. The summed E-state index contributed by atoms with van der Waals surface area (Å²) in [6.45, 7) is 2.30. The minimum Gasteiger partial charge on any atom is -1.00 e. The van der Waals surface area contributed by atoms with Crippen molar-refractivity contribution in [2.75, 3.05) is 14.1 Å². The van der Waals surface area contributed by atoms with Crippen molar-refractivity contribution < 1.29 is 64.7 Å². The molecule has 4 N–H and O–H groups in total. The third-order valence-corrected chi connectivity index (χ3v) is 13.8. The Morgan fingerprint density at radius 2 is 1.37 bits per heavy atom. The molecule has 3 unspecified atom stereocenters. The number of esters is 1. The fourth-order valence-corrected chi connectivity index (χ4v) is 9.98. The van der Waals surface area contributed by atoms with Gasteiger partial charge < -0.3 is 56.5 Å². The number of para-hydroxylation sites is 1. The van der Waals surface area contributed by atoms with Gasteiger partial charge in [0.15, 0.2) is 0 Å². The normalized spacial score (nSPS) is 20.2. The summed E-state index contributed by atoms with van der Waals surface area (Å²) in [4.78, 5) is 43.6. The molecule has 0 aliphatic carbocycles. The van der Waals surface area contributed by atoms with E-state index in [-0.39, 0.29) is 70.0 Å². The number of phenols is 1. The first-order chi connectivity index (χ1) is 29.8. The number of epoxide rings is 1. The number of aliphatic hydroxyl groups is 1. The number of morpholine rings is 1. The van der Waals surface area contributed by atoms with Gasteiger partial charge in [0.25, 0.3) is 11.8 Å². The number of carbonyl (C=O) groups excluding carboxylic acids is 3. The second-order valence-corrected chi connectivity index (χ2v) is 18.0. The number of aromatic hydroxyl groups is 1. The van der Waals surface area contributed by atoms with Gasteiger partial charge in [0, 0.05) is 32.1 Å². The summed E-state index contributed by atoms with van der Waals surface area (Å²) in [7, 11) is 4.49. The van der Waals surface area contributed by atoms with Crippen LogP contribution >= 0.6 is 22.7 Å². The van der Waals surface area contributed by atoms with E-state index in [1.807, 2.05) is 47.2 Å². The number of aryl methyl sites for hydroxylation is 1. The highest BCUT2D eigenvalue weighted by Gasteiger charge is 2.71. The van der Waals surface area contributed by atoms with Crippen molar-refractivity contribution >= 4 is 40.5 Å². The molecule has 328 valence electrons. The van der Waals surface area contributed by atoms with E-state index >= 15 is 0 Å². The number of thiophene rings is 2. The van der Waals surface area contributed by atoms with E-state index in [9.17, 15) is 29.0 Å². The minimum atomic E-state index is -1.72. The topological polar surface area (TPSA) is 160 Å². The van der Waals surface area contributed by atoms with Crippen LogP contribution in [0.15, 0.2) is 120 Å². The summed E-state index contributed by atoms with van der Waals surface area (Å²) in [6, 6.07) is 29.1. The average Bonchev–Trinajstić information content (AvgIpc) is 3.54. The number of carbonyl (C=O) groups is 3. The first kappa shape index (κ1) is 45.5. The van der Waals surface area contributed by atoms with Crippen molar-refractivity contribution in [3.63, 3.8) is 0 Å². The first-order valence-corrected chi connectivity index (χ1v) is 21.9. The Morgan fingerprint density at radius 3 is 1.92 bits per heavy atom. The van der Waals surface area contributed by atoms with Crippen LogP contribution in [0.5, 0.6) is 17.4 Å². The SMILES string of the molecule is C[N+]1(C)C2CC(OC(=O)C(O)(c3cccs3)c3cccs3)CC1[C@@H]1O[C@H]21.Cc1cccc(C(=O)NCc2ccc(CNC(=O)c3cccnc3Oc3ccc(F)cc3)cc2)c1O.[Br-]. The highest BCUT2D eigenvalue weighted by molar-refractivity contribution is 7.12. The van der Waals surface area contributed by atoms with E-state index in [0.717, 1.165) is 28.5 Å². The Hall–Kier alpha value is -5.49. The van der Waals surface area contributed by atoms with Gasteiger partial charge in [-0.05, 0) is 89.0 Å². The number of aromatic nitrogens is 1. The summed E-state index contributed by atoms with van der Waals surface area (Å²) < 4.78 is 31.4. The summed E-state index contributed by atoms with van der Waals surface area (Å²) in [5, 5.41) is 30.8. The maximum Gasteiger partial charge on any atom is 0.349 e. The van der Waals surface area contributed by atoms with Crippen LogP contribution in [0, 0.1) is 12.7 Å². The average molecular weight is 958 g/mol. The fourth-order valence-electron chi connectivity index (χ4n) is 8.26. The van der Waals surface area contributed by atoms with Crippen molar-refractivity contribution in [2.45, 2.75) is 68.9 Å². The van der Waals surface area contributed by atoms with Gasteiger partial charge in [-0.3, -0.25) is 9.59 Å². The van der Waals surface area contributed by atoms with Crippen LogP contribution in [0.1, 0.15) is 60.0 Å². The maximum atomic E-state index is 13.1. The number of halogens is 2. The van der Waals surface area contributed by atoms with Crippen molar-refractivity contribution in [3.8, 4) is 17.4 Å². The molecule has 16 heteroatoms. The van der Waals surface area contributed by atoms with Crippen LogP contribution in [0.2, 0.25) is 0 Å². The van der Waals surface area contributed by atoms with Crippen LogP contribution in [0.25, 0.3) is 0 Å². The zero-order chi connectivity index (χ0) is 43.6. The molecule has 0 radical (unpaired) electrons. The Kier molecular flexibility index (Phi) is 13.8. The van der Waals surface area contributed by atoms with E-state index in [2.05, 4.69) is 29.7 Å². The second kappa shape index (κ2) is 19.1. The van der Waals surface area contributed by atoms with E-state index in [1.165, 1.54) is 53.1 Å². The molecule has 12 nitrogen and oxygen atoms in total. The van der Waals surface area contributed by atoms with Gasteiger partial charge in [0.1, 0.15) is 53.3 Å². The van der Waals surface area contributed by atoms with Gasteiger partial charge in [-0.2, -0.15) is 0 Å². The number of phenolic OH excluding ortho intramolecular Hbond substituents is 1. The Morgan fingerprint density at radius 1 is 0.810 bits per heavy atom. The largest absolute Gasteiger partial charge is 1.00 e. The number of hydrogen-bond donors (Lipinski definition) is 4. The zero-order valence-corrected chi connectivity index (χ0v) is 37.8. The lowest BCUT2D eigenvalue weighted by atomic mass is 9.95. The number of rotatable bonds is 12. The van der Waals surface area contributed by atoms with Gasteiger partial charge in [0.2, 0.25) is 11.5 Å². The van der Waals surface area contributed by atoms with Crippen molar-refractivity contribution in [1.29, 1.82) is 0 Å². The van der Waals surface area contributed by atoms with Crippen LogP contribution in [0.3, 0.4) is 0 Å². The van der Waals surface area contributed by atoms with E-state index in [4.69, 9.17) is 14.2 Å². The standard InChI is InChI=1S/C28H24FN3O4.C19H22NO4S2.BrH/c1-18-4-2-5-23(25(18)33)26(34)31-16-19-7-9-20(10-8-19)17-32-27(35)24-6-3-15-30-28(24)36-22-13-11-21(29)12-14-22;1-20(2)12-9-11(10-13(20)17-16(12)24-17)23-18(21)19(22,14-5-3-7-25-14)15-6-4-8-26-15;/h2-15,33H,16-17H2,1H3,(H,31,34)(H,32,35);3-8,11-13,16-17,22H,9-10H2,1-2H3;1H/q;+1;/p-1/t;11?,12?,13?,16-,17+;. The number of piperidine rings is 1. The number of fused-ring (bicyclic) bond motifs is 5. The van der Waals surface area contributed by atoms with Crippen LogP contribution < -0.4 is 32.4 Å². The van der Waals surface area contributed by atoms with E-state index in [0.29, 0.717) is 51.9 Å². The molecule has 3 aliphatic heterocycles. The van der Waals surface area contributed by atoms with Gasteiger partial charge in [-0.15, -0.1) is 22.7 Å². The van der Waals surface area contributed by atoms with Gasteiger partial charge in [0.05, 0.1) is 29.4 Å². The molecule has 63 heavy (non-hydrogen) atoms. The molecule has 9 rings (SSSR count). The number of hydrogen-bond acceptors (Lipinski definition) is 11. The Bertz CT molecular complexity index is 2490. The molecule has 3 aliphatic rings. The number of ether oxygens (including phenoxy) is 3. The van der Waals surface area contributed by atoms with Gasteiger partial charge in [-0.25, -0.2) is 14.2 Å². The predicted octanol–water partition coefficient (Wildman–Crippen LogP) is 4.24. The molecule has 6 aromatic rings. The molecule has 0 spiro atoms. The summed E-state index contributed by atoms with van der Waals surface area (Å²) in [5.74, 6) is -1.22. The molecule has 2 amide bonds. The summed E-state index contributed by atoms with van der Waals surface area (Å²) in [6.07, 6.45) is 3.56. The molecule has 5 atom stereocenters.